The molecule has 8 nitrogen and oxygen atoms in total. The number of sulfonamides is 1. The van der Waals surface area contributed by atoms with E-state index in [9.17, 15) is 13.2 Å². The Bertz CT molecular complexity index is 1360. The van der Waals surface area contributed by atoms with Gasteiger partial charge in [-0.3, -0.25) is 14.8 Å². The molecule has 0 amide bonds. The lowest BCUT2D eigenvalue weighted by Crippen LogP contribution is -2.14. The standard InChI is InChI=1S/C16H9BrCl2N4O4S/c17-10-4-12-14(27-16(24)22-12)13(19)15(10)28(25,26)23-8-1-2-9(11(18)3-8)7-5-20-21-6-7/h1-6,23H,(H,20,21)(H,22,24). The van der Waals surface area contributed by atoms with Gasteiger partial charge in [-0.25, -0.2) is 13.2 Å². The van der Waals surface area contributed by atoms with Gasteiger partial charge in [0, 0.05) is 21.8 Å². The molecule has 0 aliphatic heterocycles. The number of rotatable bonds is 4. The van der Waals surface area contributed by atoms with Gasteiger partial charge < -0.3 is 4.42 Å². The molecule has 4 aromatic rings. The van der Waals surface area contributed by atoms with Crippen LogP contribution in [-0.2, 0) is 10.0 Å². The van der Waals surface area contributed by atoms with E-state index < -0.39 is 15.8 Å². The van der Waals surface area contributed by atoms with E-state index in [1.54, 1.807) is 24.5 Å². The molecule has 2 aromatic heterocycles. The largest absolute Gasteiger partial charge is 0.417 e. The second-order valence-corrected chi connectivity index (χ2v) is 8.94. The summed E-state index contributed by atoms with van der Waals surface area (Å²) in [5, 5.41) is 6.65. The van der Waals surface area contributed by atoms with E-state index in [0.717, 1.165) is 5.56 Å². The van der Waals surface area contributed by atoms with Gasteiger partial charge in [-0.2, -0.15) is 5.10 Å². The van der Waals surface area contributed by atoms with Crippen LogP contribution in [-0.4, -0.2) is 23.6 Å². The van der Waals surface area contributed by atoms with Crippen molar-refractivity contribution >= 4 is 65.9 Å². The van der Waals surface area contributed by atoms with Crippen LogP contribution in [0.15, 0.2) is 55.2 Å². The third kappa shape index (κ3) is 3.32. The second kappa shape index (κ2) is 6.96. The van der Waals surface area contributed by atoms with Crippen molar-refractivity contribution < 1.29 is 12.8 Å². The molecule has 0 fully saturated rings. The Morgan fingerprint density at radius 1 is 1.21 bits per heavy atom. The highest BCUT2D eigenvalue weighted by Gasteiger charge is 2.26. The predicted octanol–water partition coefficient (Wildman–Crippen LogP) is 4.38. The lowest BCUT2D eigenvalue weighted by Gasteiger charge is -2.12. The number of anilines is 1. The Hall–Kier alpha value is -2.27. The van der Waals surface area contributed by atoms with Gasteiger partial charge in [0.1, 0.15) is 9.92 Å². The van der Waals surface area contributed by atoms with E-state index in [1.807, 2.05) is 0 Å². The minimum atomic E-state index is -4.12. The van der Waals surface area contributed by atoms with Crippen LogP contribution < -0.4 is 10.5 Å². The summed E-state index contributed by atoms with van der Waals surface area (Å²) in [6.45, 7) is 0. The Kier molecular flexibility index (Phi) is 4.74. The molecule has 3 N–H and O–H groups in total. The Labute approximate surface area is 176 Å². The molecule has 0 saturated carbocycles. The molecule has 0 bridgehead atoms. The van der Waals surface area contributed by atoms with Crippen LogP contribution in [0.1, 0.15) is 0 Å². The van der Waals surface area contributed by atoms with Crippen LogP contribution in [0.3, 0.4) is 0 Å². The molecule has 144 valence electrons. The highest BCUT2D eigenvalue weighted by atomic mass is 79.9. The Balaban J connectivity index is 1.75. The summed E-state index contributed by atoms with van der Waals surface area (Å²) in [6, 6.07) is 6.09. The van der Waals surface area contributed by atoms with Gasteiger partial charge in [-0.15, -0.1) is 0 Å². The van der Waals surface area contributed by atoms with E-state index in [-0.39, 0.29) is 31.2 Å². The van der Waals surface area contributed by atoms with E-state index in [1.165, 1.54) is 12.1 Å². The molecule has 2 heterocycles. The van der Waals surface area contributed by atoms with Crippen molar-refractivity contribution in [1.82, 2.24) is 15.2 Å². The number of H-pyrrole nitrogens is 2. The average Bonchev–Trinajstić information content (AvgIpc) is 3.23. The first-order chi connectivity index (χ1) is 13.3. The highest BCUT2D eigenvalue weighted by molar-refractivity contribution is 9.10. The van der Waals surface area contributed by atoms with Crippen molar-refractivity contribution in [3.05, 3.63) is 61.7 Å². The summed E-state index contributed by atoms with van der Waals surface area (Å²) in [6.07, 6.45) is 3.27. The molecule has 0 aliphatic carbocycles. The average molecular weight is 504 g/mol. The number of aromatic nitrogens is 3. The smallest absolute Gasteiger partial charge is 0.406 e. The monoisotopic (exact) mass is 502 g/mol. The number of nitrogens with zero attached hydrogens (tertiary/aromatic N) is 1. The molecule has 0 radical (unpaired) electrons. The molecule has 4 rings (SSSR count). The van der Waals surface area contributed by atoms with Crippen molar-refractivity contribution in [2.24, 2.45) is 0 Å². The fourth-order valence-corrected chi connectivity index (χ4v) is 5.87. The number of fused-ring (bicyclic) bond motifs is 1. The summed E-state index contributed by atoms with van der Waals surface area (Å²) < 4.78 is 33.3. The number of halogens is 3. The normalized spacial score (nSPS) is 11.8. The zero-order valence-corrected chi connectivity index (χ0v) is 17.5. The van der Waals surface area contributed by atoms with Crippen molar-refractivity contribution in [3.63, 3.8) is 0 Å². The molecule has 12 heteroatoms. The molecule has 2 aromatic carbocycles. The molecule has 0 aliphatic rings. The minimum absolute atomic E-state index is 0.0522. The number of hydrogen-bond acceptors (Lipinski definition) is 5. The quantitative estimate of drug-likeness (QED) is 0.381. The fraction of sp³-hybridized carbons (Fsp3) is 0. The first kappa shape index (κ1) is 19.1. The molecule has 0 atom stereocenters. The molecular formula is C16H9BrCl2N4O4S. The van der Waals surface area contributed by atoms with Gasteiger partial charge >= 0.3 is 5.76 Å². The third-order valence-electron chi connectivity index (χ3n) is 3.86. The first-order valence-corrected chi connectivity index (χ1v) is 10.6. The predicted molar refractivity (Wildman–Crippen MR) is 109 cm³/mol. The lowest BCUT2D eigenvalue weighted by atomic mass is 10.1. The van der Waals surface area contributed by atoms with Gasteiger partial charge in [0.2, 0.25) is 0 Å². The van der Waals surface area contributed by atoms with E-state index in [4.69, 9.17) is 27.6 Å². The summed E-state index contributed by atoms with van der Waals surface area (Å²) in [7, 11) is -4.12. The van der Waals surface area contributed by atoms with Gasteiger partial charge in [0.15, 0.2) is 5.58 Å². The highest BCUT2D eigenvalue weighted by Crippen LogP contribution is 2.37. The topological polar surface area (TPSA) is 121 Å². The van der Waals surface area contributed by atoms with Crippen LogP contribution >= 0.6 is 39.1 Å². The number of aromatic amines is 2. The van der Waals surface area contributed by atoms with E-state index in [0.29, 0.717) is 10.6 Å². The Morgan fingerprint density at radius 3 is 2.68 bits per heavy atom. The summed E-state index contributed by atoms with van der Waals surface area (Å²) >= 11 is 15.6. The summed E-state index contributed by atoms with van der Waals surface area (Å²) in [5.41, 5.74) is 1.90. The number of benzene rings is 2. The van der Waals surface area contributed by atoms with Crippen LogP contribution in [0.5, 0.6) is 0 Å². The van der Waals surface area contributed by atoms with Crippen molar-refractivity contribution in [2.75, 3.05) is 4.72 Å². The van der Waals surface area contributed by atoms with Gasteiger partial charge in [0.25, 0.3) is 10.0 Å². The molecule has 0 spiro atoms. The van der Waals surface area contributed by atoms with E-state index in [2.05, 4.69) is 35.8 Å². The number of oxazole rings is 1. The number of hydrogen-bond donors (Lipinski definition) is 3. The van der Waals surface area contributed by atoms with Gasteiger partial charge in [0.05, 0.1) is 22.4 Å². The Morgan fingerprint density at radius 2 is 2.00 bits per heavy atom. The van der Waals surface area contributed by atoms with Gasteiger partial charge in [-0.1, -0.05) is 29.3 Å². The zero-order chi connectivity index (χ0) is 20.1. The van der Waals surface area contributed by atoms with Crippen molar-refractivity contribution in [2.45, 2.75) is 4.90 Å². The van der Waals surface area contributed by atoms with Crippen LogP contribution in [0.2, 0.25) is 10.0 Å². The molecule has 0 saturated heterocycles. The van der Waals surface area contributed by atoms with Crippen LogP contribution in [0, 0.1) is 0 Å². The molecular weight excluding hydrogens is 495 g/mol. The summed E-state index contributed by atoms with van der Waals surface area (Å²) in [4.78, 5) is 13.5. The first-order valence-electron chi connectivity index (χ1n) is 7.58. The zero-order valence-electron chi connectivity index (χ0n) is 13.6. The van der Waals surface area contributed by atoms with Crippen LogP contribution in [0.25, 0.3) is 22.2 Å². The van der Waals surface area contributed by atoms with Crippen molar-refractivity contribution in [1.29, 1.82) is 0 Å². The second-order valence-electron chi connectivity index (χ2n) is 5.68. The molecule has 0 unspecified atom stereocenters. The summed E-state index contributed by atoms with van der Waals surface area (Å²) in [5.74, 6) is -0.743. The maximum Gasteiger partial charge on any atom is 0.417 e. The van der Waals surface area contributed by atoms with E-state index >= 15 is 0 Å². The minimum Gasteiger partial charge on any atom is -0.406 e. The molecule has 28 heavy (non-hydrogen) atoms. The number of nitrogens with one attached hydrogen (secondary N) is 3. The van der Waals surface area contributed by atoms with Gasteiger partial charge in [-0.05, 0) is 34.1 Å². The van der Waals surface area contributed by atoms with Crippen molar-refractivity contribution in [3.8, 4) is 11.1 Å². The fourth-order valence-electron chi connectivity index (χ4n) is 2.67. The maximum absolute atomic E-state index is 12.9. The SMILES string of the molecule is O=c1[nH]c2cc(Br)c(S(=O)(=O)Nc3ccc(-c4cn[nH]c4)c(Cl)c3)c(Cl)c2o1. The van der Waals surface area contributed by atoms with Crippen LogP contribution in [0.4, 0.5) is 5.69 Å². The maximum atomic E-state index is 12.9. The third-order valence-corrected chi connectivity index (χ3v) is 7.00. The lowest BCUT2D eigenvalue weighted by molar-refractivity contribution is 0.554.